The normalized spacial score (nSPS) is 16.5. The monoisotopic (exact) mass is 837 g/mol. The number of aryl methyl sites for hydroxylation is 2. The number of nitrogens with zero attached hydrogens (tertiary/aromatic N) is 1. The number of ether oxygens (including phenoxy) is 4. The summed E-state index contributed by atoms with van der Waals surface area (Å²) in [6, 6.07) is 30.4. The Morgan fingerprint density at radius 1 is 0.758 bits per heavy atom. The number of carbonyl (C=O) groups is 2. The first kappa shape index (κ1) is 45.4. The molecule has 0 spiro atoms. The molecule has 5 aromatic rings. The van der Waals surface area contributed by atoms with Gasteiger partial charge in [-0.2, -0.15) is 0 Å². The van der Waals surface area contributed by atoms with Crippen LogP contribution in [0, 0.1) is 37.5 Å². The predicted molar refractivity (Wildman–Crippen MR) is 252 cm³/mol. The van der Waals surface area contributed by atoms with Crippen LogP contribution in [-0.2, 0) is 26.1 Å². The number of benzene rings is 5. The summed E-state index contributed by atoms with van der Waals surface area (Å²) >= 11 is 0. The van der Waals surface area contributed by atoms with Crippen molar-refractivity contribution in [3.05, 3.63) is 136 Å². The van der Waals surface area contributed by atoms with Crippen molar-refractivity contribution in [1.82, 2.24) is 0 Å². The summed E-state index contributed by atoms with van der Waals surface area (Å²) in [5.41, 5.74) is 10.2. The lowest BCUT2D eigenvalue weighted by Crippen LogP contribution is -2.29. The minimum atomic E-state index is -0.212. The lowest BCUT2D eigenvalue weighted by molar-refractivity contribution is 0.0877. The number of aliphatic imine (C=N–C) groups is 1. The van der Waals surface area contributed by atoms with Gasteiger partial charge < -0.3 is 29.6 Å². The Kier molecular flexibility index (Phi) is 15.1. The topological polar surface area (TPSA) is 107 Å². The van der Waals surface area contributed by atoms with Gasteiger partial charge in [-0.15, -0.1) is 0 Å². The Morgan fingerprint density at radius 3 is 1.95 bits per heavy atom. The lowest BCUT2D eigenvalue weighted by atomic mass is 9.76. The highest BCUT2D eigenvalue weighted by molar-refractivity contribution is 6.04. The molecule has 0 fully saturated rings. The van der Waals surface area contributed by atoms with Gasteiger partial charge in [-0.1, -0.05) is 69.3 Å². The third kappa shape index (κ3) is 11.2. The maximum atomic E-state index is 14.0. The average Bonchev–Trinajstić information content (AvgIpc) is 3.25. The fourth-order valence-electron chi connectivity index (χ4n) is 8.13. The molecule has 1 aliphatic rings. The molecule has 9 nitrogen and oxygen atoms in total. The van der Waals surface area contributed by atoms with Crippen molar-refractivity contribution < 1.29 is 28.5 Å². The number of hydrogen-bond donors (Lipinski definition) is 2. The van der Waals surface area contributed by atoms with Gasteiger partial charge in [0.1, 0.15) is 13.2 Å². The molecule has 0 bridgehead atoms. The summed E-state index contributed by atoms with van der Waals surface area (Å²) < 4.78 is 24.5. The molecular weight excluding hydrogens is 775 g/mol. The summed E-state index contributed by atoms with van der Waals surface area (Å²) in [5.74, 6) is 2.24. The Balaban J connectivity index is 1.22. The highest BCUT2D eigenvalue weighted by Crippen LogP contribution is 2.40. The van der Waals surface area contributed by atoms with Crippen LogP contribution in [0.3, 0.4) is 0 Å². The molecule has 4 atom stereocenters. The molecule has 0 aliphatic carbocycles. The quantitative estimate of drug-likeness (QED) is 0.0840. The van der Waals surface area contributed by atoms with E-state index in [1.165, 1.54) is 22.3 Å². The van der Waals surface area contributed by atoms with Gasteiger partial charge in [0.25, 0.3) is 0 Å². The number of rotatable bonds is 18. The number of ketones is 2. The number of Topliss-reactive ketones (excluding diaryl/α,β-unsaturated/α-hetero) is 2. The molecule has 1 heterocycles. The van der Waals surface area contributed by atoms with Gasteiger partial charge in [0, 0.05) is 65.3 Å². The first-order chi connectivity index (χ1) is 29.7. The van der Waals surface area contributed by atoms with Gasteiger partial charge in [-0.25, -0.2) is 0 Å². The third-order valence-corrected chi connectivity index (χ3v) is 12.0. The zero-order valence-corrected chi connectivity index (χ0v) is 38.1. The Hall–Kier alpha value is -6.09. The molecule has 0 aromatic heterocycles. The van der Waals surface area contributed by atoms with E-state index < -0.39 is 0 Å². The number of fused-ring (bicyclic) bond motifs is 1. The number of nitrogens with one attached hydrogen (secondary N) is 2. The largest absolute Gasteiger partial charge is 0.493 e. The molecule has 1 aliphatic heterocycles. The third-order valence-electron chi connectivity index (χ3n) is 12.0. The number of anilines is 2. The van der Waals surface area contributed by atoms with Crippen LogP contribution >= 0.6 is 0 Å². The molecule has 0 saturated carbocycles. The molecule has 62 heavy (non-hydrogen) atoms. The van der Waals surface area contributed by atoms with Crippen LogP contribution in [-0.4, -0.2) is 44.6 Å². The Morgan fingerprint density at radius 2 is 1.35 bits per heavy atom. The van der Waals surface area contributed by atoms with Crippen LogP contribution in [0.2, 0.25) is 0 Å². The molecule has 5 aromatic carbocycles. The second-order valence-electron chi connectivity index (χ2n) is 17.2. The van der Waals surface area contributed by atoms with E-state index >= 15 is 0 Å². The van der Waals surface area contributed by atoms with Crippen molar-refractivity contribution in [3.8, 4) is 23.0 Å². The minimum Gasteiger partial charge on any atom is -0.493 e. The van der Waals surface area contributed by atoms with Crippen molar-refractivity contribution in [2.45, 2.75) is 87.5 Å². The van der Waals surface area contributed by atoms with Gasteiger partial charge in [0.15, 0.2) is 34.6 Å². The second kappa shape index (κ2) is 20.6. The molecule has 326 valence electrons. The number of carbonyl (C=O) groups excluding carboxylic acids is 2. The van der Waals surface area contributed by atoms with E-state index in [2.05, 4.69) is 119 Å². The minimum absolute atomic E-state index is 0.0456. The Bertz CT molecular complexity index is 2400. The first-order valence-corrected chi connectivity index (χ1v) is 21.8. The lowest BCUT2D eigenvalue weighted by Gasteiger charge is -2.28. The SMILES string of the molecule is COc1cc2c(cc1OCc1cc(COc3cc(NC[C@@H](C)Cc4ccccc4C)c(C(C)=O)cc3OC)cc(NC(C)C)c1)N=CC(Cc1ccccc1C)C(C)C(C)C2=O. The standard InChI is InChI=1S/C53H63N3O6/c1-32(2)56-44-21-39(30-61-51-26-47(45(38(8)57)24-49(51)59-9)54-28-33(3)19-41-17-13-11-15-34(41)4)20-40(22-44)31-62-52-27-48-46(25-50(52)60-10)53(58)37(7)36(6)43(29-55-48)23-42-18-14-12-16-35(42)5/h11-18,20-22,24-27,29,32-33,36-37,43,54,56H,19,23,28,30-31H2,1-10H3/t33-,36?,37?,43?/m0/s1. The van der Waals surface area contributed by atoms with E-state index in [9.17, 15) is 9.59 Å². The molecule has 6 rings (SSSR count). The summed E-state index contributed by atoms with van der Waals surface area (Å²) in [4.78, 5) is 31.7. The number of hydrogen-bond acceptors (Lipinski definition) is 9. The van der Waals surface area contributed by atoms with E-state index in [-0.39, 0.29) is 48.6 Å². The second-order valence-corrected chi connectivity index (χ2v) is 17.2. The highest BCUT2D eigenvalue weighted by Gasteiger charge is 2.32. The highest BCUT2D eigenvalue weighted by atomic mass is 16.5. The maximum Gasteiger partial charge on any atom is 0.168 e. The van der Waals surface area contributed by atoms with Crippen molar-refractivity contribution in [1.29, 1.82) is 0 Å². The molecule has 0 radical (unpaired) electrons. The van der Waals surface area contributed by atoms with E-state index in [4.69, 9.17) is 23.9 Å². The fraction of sp³-hybridized carbons (Fsp3) is 0.377. The van der Waals surface area contributed by atoms with Gasteiger partial charge in [0.05, 0.1) is 19.9 Å². The average molecular weight is 838 g/mol. The van der Waals surface area contributed by atoms with Gasteiger partial charge in [0.2, 0.25) is 0 Å². The van der Waals surface area contributed by atoms with Gasteiger partial charge >= 0.3 is 0 Å². The molecule has 0 amide bonds. The zero-order chi connectivity index (χ0) is 44.5. The smallest absolute Gasteiger partial charge is 0.168 e. The summed E-state index contributed by atoms with van der Waals surface area (Å²) in [6.45, 7) is 17.5. The van der Waals surface area contributed by atoms with E-state index in [0.717, 1.165) is 29.7 Å². The summed E-state index contributed by atoms with van der Waals surface area (Å²) in [5, 5.41) is 7.06. The molecular formula is C53H63N3O6. The van der Waals surface area contributed by atoms with Crippen LogP contribution in [0.4, 0.5) is 17.1 Å². The molecule has 2 N–H and O–H groups in total. The van der Waals surface area contributed by atoms with Crippen LogP contribution in [0.1, 0.15) is 95.6 Å². The van der Waals surface area contributed by atoms with Crippen LogP contribution in [0.5, 0.6) is 23.0 Å². The van der Waals surface area contributed by atoms with Crippen LogP contribution < -0.4 is 29.6 Å². The first-order valence-electron chi connectivity index (χ1n) is 21.8. The molecule has 0 saturated heterocycles. The van der Waals surface area contributed by atoms with E-state index in [0.29, 0.717) is 58.0 Å². The maximum absolute atomic E-state index is 14.0. The number of methoxy groups -OCH3 is 2. The van der Waals surface area contributed by atoms with Crippen LogP contribution in [0.25, 0.3) is 0 Å². The molecule has 9 heteroatoms. The zero-order valence-electron chi connectivity index (χ0n) is 38.1. The van der Waals surface area contributed by atoms with Crippen molar-refractivity contribution in [2.75, 3.05) is 31.4 Å². The van der Waals surface area contributed by atoms with E-state index in [1.807, 2.05) is 25.3 Å². The summed E-state index contributed by atoms with van der Waals surface area (Å²) in [7, 11) is 3.17. The van der Waals surface area contributed by atoms with E-state index in [1.54, 1.807) is 33.3 Å². The van der Waals surface area contributed by atoms with Crippen LogP contribution in [0.15, 0.2) is 96.0 Å². The molecule has 3 unspecified atom stereocenters. The van der Waals surface area contributed by atoms with Crippen molar-refractivity contribution >= 4 is 34.8 Å². The predicted octanol–water partition coefficient (Wildman–Crippen LogP) is 11.8. The Labute approximate surface area is 368 Å². The summed E-state index contributed by atoms with van der Waals surface area (Å²) in [6.07, 6.45) is 3.74. The van der Waals surface area contributed by atoms with Crippen molar-refractivity contribution in [2.24, 2.45) is 28.7 Å². The van der Waals surface area contributed by atoms with Gasteiger partial charge in [-0.3, -0.25) is 14.6 Å². The van der Waals surface area contributed by atoms with Crippen molar-refractivity contribution in [3.63, 3.8) is 0 Å². The fourth-order valence-corrected chi connectivity index (χ4v) is 8.13. The van der Waals surface area contributed by atoms with Gasteiger partial charge in [-0.05, 0) is 123 Å².